The Balaban J connectivity index is 1.84. The number of nitrogens with zero attached hydrogens (tertiary/aromatic N) is 1. The zero-order chi connectivity index (χ0) is 17.5. The van der Waals surface area contributed by atoms with Gasteiger partial charge in [-0.15, -0.1) is 0 Å². The number of halogens is 1. The fraction of sp³-hybridized carbons (Fsp3) is 0.0625. The maximum absolute atomic E-state index is 12.0. The van der Waals surface area contributed by atoms with Crippen LogP contribution in [0.25, 0.3) is 0 Å². The molecule has 0 atom stereocenters. The zero-order valence-electron chi connectivity index (χ0n) is 12.4. The normalized spacial score (nSPS) is 10.5. The SMILES string of the molecule is O=C(CNC(=O)c1ccccc1I)N/N=C/c1ccc(O)cc1O. The van der Waals surface area contributed by atoms with E-state index in [-0.39, 0.29) is 24.0 Å². The molecule has 2 aromatic carbocycles. The summed E-state index contributed by atoms with van der Waals surface area (Å²) in [6, 6.07) is 11.0. The summed E-state index contributed by atoms with van der Waals surface area (Å²) in [5.41, 5.74) is 3.05. The Kier molecular flexibility index (Phi) is 6.13. The van der Waals surface area contributed by atoms with Crippen LogP contribution < -0.4 is 10.7 Å². The monoisotopic (exact) mass is 439 g/mol. The van der Waals surface area contributed by atoms with Crippen molar-refractivity contribution >= 4 is 40.6 Å². The molecule has 8 heteroatoms. The second-order valence-electron chi connectivity index (χ2n) is 4.70. The standard InChI is InChI=1S/C16H14IN3O4/c17-13-4-2-1-3-12(13)16(24)18-9-15(23)20-19-8-10-5-6-11(21)7-14(10)22/h1-8,21-22H,9H2,(H,18,24)(H,20,23)/b19-8+. The highest BCUT2D eigenvalue weighted by molar-refractivity contribution is 14.1. The van der Waals surface area contributed by atoms with Crippen LogP contribution in [0.5, 0.6) is 11.5 Å². The van der Waals surface area contributed by atoms with Gasteiger partial charge in [-0.1, -0.05) is 12.1 Å². The fourth-order valence-corrected chi connectivity index (χ4v) is 2.39. The summed E-state index contributed by atoms with van der Waals surface area (Å²) < 4.78 is 0.786. The molecule has 0 saturated carbocycles. The van der Waals surface area contributed by atoms with Crippen LogP contribution in [0.4, 0.5) is 0 Å². The molecule has 4 N–H and O–H groups in total. The van der Waals surface area contributed by atoms with E-state index in [9.17, 15) is 19.8 Å². The Labute approximate surface area is 151 Å². The van der Waals surface area contributed by atoms with E-state index in [1.165, 1.54) is 18.3 Å². The lowest BCUT2D eigenvalue weighted by atomic mass is 10.2. The summed E-state index contributed by atoms with van der Waals surface area (Å²) in [6.45, 7) is -0.233. The number of phenolic OH excluding ortho intramolecular Hbond substituents is 2. The van der Waals surface area contributed by atoms with Crippen LogP contribution >= 0.6 is 22.6 Å². The lowest BCUT2D eigenvalue weighted by Crippen LogP contribution is -2.35. The van der Waals surface area contributed by atoms with E-state index >= 15 is 0 Å². The maximum atomic E-state index is 12.0. The number of carbonyl (C=O) groups is 2. The van der Waals surface area contributed by atoms with E-state index < -0.39 is 5.91 Å². The van der Waals surface area contributed by atoms with Gasteiger partial charge in [-0.25, -0.2) is 5.43 Å². The van der Waals surface area contributed by atoms with Crippen LogP contribution in [-0.2, 0) is 4.79 Å². The number of phenols is 2. The van der Waals surface area contributed by atoms with E-state index in [2.05, 4.69) is 15.8 Å². The molecule has 124 valence electrons. The number of hydrazone groups is 1. The first kappa shape index (κ1) is 17.7. The second kappa shape index (κ2) is 8.29. The first-order valence-electron chi connectivity index (χ1n) is 6.84. The molecule has 0 aromatic heterocycles. The Morgan fingerprint density at radius 1 is 1.17 bits per heavy atom. The number of hydrogen-bond acceptors (Lipinski definition) is 5. The van der Waals surface area contributed by atoms with Crippen molar-refractivity contribution in [1.82, 2.24) is 10.7 Å². The molecule has 24 heavy (non-hydrogen) atoms. The van der Waals surface area contributed by atoms with Crippen molar-refractivity contribution < 1.29 is 19.8 Å². The van der Waals surface area contributed by atoms with Gasteiger partial charge in [0.25, 0.3) is 11.8 Å². The summed E-state index contributed by atoms with van der Waals surface area (Å²) >= 11 is 2.04. The van der Waals surface area contributed by atoms with Crippen LogP contribution in [0.15, 0.2) is 47.6 Å². The van der Waals surface area contributed by atoms with Gasteiger partial charge in [0.2, 0.25) is 0 Å². The van der Waals surface area contributed by atoms with Crippen LogP contribution in [0, 0.1) is 3.57 Å². The van der Waals surface area contributed by atoms with Crippen molar-refractivity contribution in [2.75, 3.05) is 6.54 Å². The molecule has 0 saturated heterocycles. The predicted molar refractivity (Wildman–Crippen MR) is 97.0 cm³/mol. The minimum absolute atomic E-state index is 0.0769. The average Bonchev–Trinajstić information content (AvgIpc) is 2.55. The molecule has 0 aliphatic carbocycles. The van der Waals surface area contributed by atoms with E-state index in [4.69, 9.17) is 0 Å². The summed E-state index contributed by atoms with van der Waals surface area (Å²) in [5.74, 6) is -1.11. The Hall–Kier alpha value is -2.62. The van der Waals surface area contributed by atoms with Crippen molar-refractivity contribution in [2.24, 2.45) is 5.10 Å². The smallest absolute Gasteiger partial charge is 0.259 e. The van der Waals surface area contributed by atoms with Crippen molar-refractivity contribution in [3.05, 3.63) is 57.2 Å². The number of benzene rings is 2. The van der Waals surface area contributed by atoms with Gasteiger partial charge in [0.15, 0.2) is 0 Å². The lowest BCUT2D eigenvalue weighted by Gasteiger charge is -2.05. The molecule has 2 rings (SSSR count). The first-order valence-corrected chi connectivity index (χ1v) is 7.92. The zero-order valence-corrected chi connectivity index (χ0v) is 14.5. The third kappa shape index (κ3) is 4.95. The lowest BCUT2D eigenvalue weighted by molar-refractivity contribution is -0.120. The molecule has 0 radical (unpaired) electrons. The molecule has 0 aliphatic heterocycles. The van der Waals surface area contributed by atoms with Gasteiger partial charge in [0, 0.05) is 15.2 Å². The topological polar surface area (TPSA) is 111 Å². The van der Waals surface area contributed by atoms with Gasteiger partial charge in [-0.05, 0) is 46.9 Å². The van der Waals surface area contributed by atoms with E-state index in [1.54, 1.807) is 18.2 Å². The van der Waals surface area contributed by atoms with Crippen LogP contribution in [-0.4, -0.2) is 34.8 Å². The van der Waals surface area contributed by atoms with E-state index in [1.807, 2.05) is 28.7 Å². The minimum Gasteiger partial charge on any atom is -0.508 e. The van der Waals surface area contributed by atoms with E-state index in [0.717, 1.165) is 9.64 Å². The van der Waals surface area contributed by atoms with Gasteiger partial charge >= 0.3 is 0 Å². The van der Waals surface area contributed by atoms with Gasteiger partial charge in [-0.2, -0.15) is 5.10 Å². The average molecular weight is 439 g/mol. The number of hydrogen-bond donors (Lipinski definition) is 4. The van der Waals surface area contributed by atoms with Crippen molar-refractivity contribution in [1.29, 1.82) is 0 Å². The maximum Gasteiger partial charge on any atom is 0.259 e. The summed E-state index contributed by atoms with van der Waals surface area (Å²) in [5, 5.41) is 24.9. The molecule has 2 aromatic rings. The number of rotatable bonds is 5. The van der Waals surface area contributed by atoms with Gasteiger partial charge in [0.05, 0.1) is 18.3 Å². The Morgan fingerprint density at radius 2 is 1.92 bits per heavy atom. The number of aromatic hydroxyl groups is 2. The molecule has 0 aliphatic rings. The number of nitrogens with one attached hydrogen (secondary N) is 2. The summed E-state index contributed by atoms with van der Waals surface area (Å²) in [4.78, 5) is 23.6. The molecule has 0 bridgehead atoms. The quantitative estimate of drug-likeness (QED) is 0.322. The number of amides is 2. The molecule has 2 amide bonds. The Bertz CT molecular complexity index is 793. The van der Waals surface area contributed by atoms with Crippen LogP contribution in [0.2, 0.25) is 0 Å². The predicted octanol–water partition coefficient (Wildman–Crippen LogP) is 1.58. The molecule has 7 nitrogen and oxygen atoms in total. The van der Waals surface area contributed by atoms with Crippen molar-refractivity contribution in [3.63, 3.8) is 0 Å². The Morgan fingerprint density at radius 3 is 2.62 bits per heavy atom. The molecule has 0 heterocycles. The minimum atomic E-state index is -0.510. The van der Waals surface area contributed by atoms with Gasteiger partial charge in [-0.3, -0.25) is 9.59 Å². The van der Waals surface area contributed by atoms with E-state index in [0.29, 0.717) is 11.1 Å². The fourth-order valence-electron chi connectivity index (χ4n) is 1.76. The molecular formula is C16H14IN3O4. The third-order valence-electron chi connectivity index (χ3n) is 2.93. The summed E-state index contributed by atoms with van der Waals surface area (Å²) in [7, 11) is 0. The molecule has 0 spiro atoms. The summed E-state index contributed by atoms with van der Waals surface area (Å²) in [6.07, 6.45) is 1.23. The highest BCUT2D eigenvalue weighted by Crippen LogP contribution is 2.20. The van der Waals surface area contributed by atoms with Crippen LogP contribution in [0.3, 0.4) is 0 Å². The molecule has 0 unspecified atom stereocenters. The second-order valence-corrected chi connectivity index (χ2v) is 5.86. The highest BCUT2D eigenvalue weighted by Gasteiger charge is 2.10. The largest absolute Gasteiger partial charge is 0.508 e. The molecular weight excluding hydrogens is 425 g/mol. The van der Waals surface area contributed by atoms with Gasteiger partial charge in [0.1, 0.15) is 11.5 Å². The third-order valence-corrected chi connectivity index (χ3v) is 3.88. The van der Waals surface area contributed by atoms with Crippen molar-refractivity contribution in [3.8, 4) is 11.5 Å². The highest BCUT2D eigenvalue weighted by atomic mass is 127. The first-order chi connectivity index (χ1) is 11.5. The number of carbonyl (C=O) groups excluding carboxylic acids is 2. The van der Waals surface area contributed by atoms with Crippen molar-refractivity contribution in [2.45, 2.75) is 0 Å². The van der Waals surface area contributed by atoms with Crippen LogP contribution in [0.1, 0.15) is 15.9 Å². The molecule has 0 fully saturated rings. The van der Waals surface area contributed by atoms with Gasteiger partial charge < -0.3 is 15.5 Å².